The molecule has 6 heteroatoms. The summed E-state index contributed by atoms with van der Waals surface area (Å²) in [6.07, 6.45) is 1.08. The van der Waals surface area contributed by atoms with Gasteiger partial charge in [-0.1, -0.05) is 0 Å². The normalized spacial score (nSPS) is 24.3. The number of likely N-dealkylation sites (tertiary alicyclic amines) is 1. The Bertz CT molecular complexity index is 472. The van der Waals surface area contributed by atoms with E-state index in [-0.39, 0.29) is 5.91 Å². The summed E-state index contributed by atoms with van der Waals surface area (Å²) in [4.78, 5) is 16.9. The predicted octanol–water partition coefficient (Wildman–Crippen LogP) is -0.152. The van der Waals surface area contributed by atoms with Crippen molar-refractivity contribution in [2.45, 2.75) is 19.4 Å². The van der Waals surface area contributed by atoms with Gasteiger partial charge in [0, 0.05) is 58.1 Å². The number of hydrogen-bond donors (Lipinski definition) is 1. The van der Waals surface area contributed by atoms with E-state index >= 15 is 0 Å². The SMILES string of the molecule is Cc1cc(C(=O)N2CCC(N3CCNCC3)C2)nn1C. The number of nitrogens with one attached hydrogen (secondary N) is 1. The first kappa shape index (κ1) is 13.6. The molecule has 2 saturated heterocycles. The molecule has 110 valence electrons. The highest BCUT2D eigenvalue weighted by atomic mass is 16.2. The van der Waals surface area contributed by atoms with Crippen LogP contribution in [-0.4, -0.2) is 70.8 Å². The van der Waals surface area contributed by atoms with E-state index in [9.17, 15) is 4.79 Å². The zero-order chi connectivity index (χ0) is 14.1. The fourth-order valence-corrected chi connectivity index (χ4v) is 3.10. The molecule has 2 fully saturated rings. The van der Waals surface area contributed by atoms with Crippen molar-refractivity contribution in [2.75, 3.05) is 39.3 Å². The molecule has 1 N–H and O–H groups in total. The Hall–Kier alpha value is -1.40. The van der Waals surface area contributed by atoms with Gasteiger partial charge in [0.15, 0.2) is 5.69 Å². The van der Waals surface area contributed by atoms with Gasteiger partial charge in [-0.15, -0.1) is 0 Å². The fraction of sp³-hybridized carbons (Fsp3) is 0.714. The van der Waals surface area contributed by atoms with Crippen molar-refractivity contribution in [1.29, 1.82) is 0 Å². The molecule has 1 aromatic rings. The number of carbonyl (C=O) groups is 1. The van der Waals surface area contributed by atoms with Crippen molar-refractivity contribution in [3.05, 3.63) is 17.5 Å². The van der Waals surface area contributed by atoms with Crippen LogP contribution in [0.2, 0.25) is 0 Å². The van der Waals surface area contributed by atoms with E-state index in [1.165, 1.54) is 0 Å². The van der Waals surface area contributed by atoms with Crippen LogP contribution >= 0.6 is 0 Å². The van der Waals surface area contributed by atoms with Crippen molar-refractivity contribution < 1.29 is 4.79 Å². The number of aryl methyl sites for hydroxylation is 2. The van der Waals surface area contributed by atoms with Gasteiger partial charge in [-0.2, -0.15) is 5.10 Å². The van der Waals surface area contributed by atoms with Crippen LogP contribution in [0, 0.1) is 6.92 Å². The third kappa shape index (κ3) is 2.58. The van der Waals surface area contributed by atoms with Gasteiger partial charge >= 0.3 is 0 Å². The number of aromatic nitrogens is 2. The minimum absolute atomic E-state index is 0.0753. The summed E-state index contributed by atoms with van der Waals surface area (Å²) in [6, 6.07) is 2.39. The van der Waals surface area contributed by atoms with Gasteiger partial charge in [0.1, 0.15) is 0 Å². The van der Waals surface area contributed by atoms with Gasteiger partial charge in [-0.3, -0.25) is 14.4 Å². The van der Waals surface area contributed by atoms with Crippen LogP contribution in [0.5, 0.6) is 0 Å². The van der Waals surface area contributed by atoms with E-state index in [2.05, 4.69) is 15.3 Å². The van der Waals surface area contributed by atoms with E-state index in [1.54, 1.807) is 4.68 Å². The number of rotatable bonds is 2. The molecule has 0 bridgehead atoms. The molecule has 3 heterocycles. The third-order valence-corrected chi connectivity index (χ3v) is 4.45. The summed E-state index contributed by atoms with van der Waals surface area (Å²) in [5, 5.41) is 7.67. The largest absolute Gasteiger partial charge is 0.336 e. The standard InChI is InChI=1S/C14H23N5O/c1-11-9-13(16-17(11)2)14(20)19-6-3-12(10-19)18-7-4-15-5-8-18/h9,12,15H,3-8,10H2,1-2H3. The summed E-state index contributed by atoms with van der Waals surface area (Å²) in [5.74, 6) is 0.0753. The van der Waals surface area contributed by atoms with Gasteiger partial charge in [0.25, 0.3) is 5.91 Å². The zero-order valence-corrected chi connectivity index (χ0v) is 12.3. The molecule has 0 spiro atoms. The molecular formula is C14H23N5O. The Balaban J connectivity index is 1.63. The Morgan fingerprint density at radius 2 is 2.10 bits per heavy atom. The molecule has 0 aliphatic carbocycles. The molecule has 1 unspecified atom stereocenters. The van der Waals surface area contributed by atoms with E-state index in [1.807, 2.05) is 24.9 Å². The number of hydrogen-bond acceptors (Lipinski definition) is 4. The highest BCUT2D eigenvalue weighted by molar-refractivity contribution is 5.92. The topological polar surface area (TPSA) is 53.4 Å². The quantitative estimate of drug-likeness (QED) is 0.817. The lowest BCUT2D eigenvalue weighted by Crippen LogP contribution is -2.49. The van der Waals surface area contributed by atoms with Gasteiger partial charge in [-0.25, -0.2) is 0 Å². The highest BCUT2D eigenvalue weighted by Crippen LogP contribution is 2.18. The van der Waals surface area contributed by atoms with Crippen LogP contribution in [0.3, 0.4) is 0 Å². The van der Waals surface area contributed by atoms with Gasteiger partial charge in [0.2, 0.25) is 0 Å². The van der Waals surface area contributed by atoms with Gasteiger partial charge in [-0.05, 0) is 19.4 Å². The van der Waals surface area contributed by atoms with Crippen molar-refractivity contribution in [1.82, 2.24) is 24.9 Å². The second-order valence-corrected chi connectivity index (χ2v) is 5.77. The maximum absolute atomic E-state index is 12.5. The summed E-state index contributed by atoms with van der Waals surface area (Å²) in [7, 11) is 1.87. The zero-order valence-electron chi connectivity index (χ0n) is 12.3. The molecule has 1 aromatic heterocycles. The number of nitrogens with zero attached hydrogens (tertiary/aromatic N) is 4. The van der Waals surface area contributed by atoms with E-state index in [4.69, 9.17) is 0 Å². The first-order valence-electron chi connectivity index (χ1n) is 7.40. The molecule has 6 nitrogen and oxygen atoms in total. The first-order chi connectivity index (χ1) is 9.65. The molecule has 2 aliphatic rings. The van der Waals surface area contributed by atoms with Crippen LogP contribution < -0.4 is 5.32 Å². The summed E-state index contributed by atoms with van der Waals surface area (Å²) in [5.41, 5.74) is 1.59. The predicted molar refractivity (Wildman–Crippen MR) is 76.7 cm³/mol. The van der Waals surface area contributed by atoms with Crippen LogP contribution in [-0.2, 0) is 7.05 Å². The molecule has 3 rings (SSSR count). The maximum Gasteiger partial charge on any atom is 0.274 e. The summed E-state index contributed by atoms with van der Waals surface area (Å²) < 4.78 is 1.76. The molecular weight excluding hydrogens is 254 g/mol. The monoisotopic (exact) mass is 277 g/mol. The lowest BCUT2D eigenvalue weighted by molar-refractivity contribution is 0.0767. The molecule has 0 aromatic carbocycles. The molecule has 1 amide bonds. The average molecular weight is 277 g/mol. The Morgan fingerprint density at radius 3 is 2.75 bits per heavy atom. The van der Waals surface area contributed by atoms with Crippen molar-refractivity contribution in [3.63, 3.8) is 0 Å². The molecule has 0 radical (unpaired) electrons. The number of piperazine rings is 1. The second kappa shape index (κ2) is 5.54. The van der Waals surface area contributed by atoms with Crippen LogP contribution in [0.25, 0.3) is 0 Å². The molecule has 2 aliphatic heterocycles. The summed E-state index contributed by atoms with van der Waals surface area (Å²) >= 11 is 0. The first-order valence-corrected chi connectivity index (χ1v) is 7.40. The Labute approximate surface area is 119 Å². The number of carbonyl (C=O) groups excluding carboxylic acids is 1. The maximum atomic E-state index is 12.5. The van der Waals surface area contributed by atoms with Gasteiger partial charge in [0.05, 0.1) is 0 Å². The lowest BCUT2D eigenvalue weighted by Gasteiger charge is -2.32. The van der Waals surface area contributed by atoms with Gasteiger partial charge < -0.3 is 10.2 Å². The number of amides is 1. The van der Waals surface area contributed by atoms with Crippen molar-refractivity contribution >= 4 is 5.91 Å². The van der Waals surface area contributed by atoms with E-state index in [0.29, 0.717) is 11.7 Å². The molecule has 1 atom stereocenters. The minimum Gasteiger partial charge on any atom is -0.336 e. The van der Waals surface area contributed by atoms with Crippen LogP contribution in [0.4, 0.5) is 0 Å². The summed E-state index contributed by atoms with van der Waals surface area (Å²) in [6.45, 7) is 7.97. The third-order valence-electron chi connectivity index (χ3n) is 4.45. The van der Waals surface area contributed by atoms with Crippen molar-refractivity contribution in [2.24, 2.45) is 7.05 Å². The van der Waals surface area contributed by atoms with Crippen molar-refractivity contribution in [3.8, 4) is 0 Å². The Morgan fingerprint density at radius 1 is 1.35 bits per heavy atom. The second-order valence-electron chi connectivity index (χ2n) is 5.77. The highest BCUT2D eigenvalue weighted by Gasteiger charge is 2.32. The smallest absolute Gasteiger partial charge is 0.274 e. The average Bonchev–Trinajstić information content (AvgIpc) is 3.07. The molecule has 20 heavy (non-hydrogen) atoms. The lowest BCUT2D eigenvalue weighted by atomic mass is 10.2. The Kier molecular flexibility index (Phi) is 3.76. The van der Waals surface area contributed by atoms with E-state index < -0.39 is 0 Å². The van der Waals surface area contributed by atoms with Crippen LogP contribution in [0.15, 0.2) is 6.07 Å². The molecule has 0 saturated carbocycles. The van der Waals surface area contributed by atoms with E-state index in [0.717, 1.165) is 51.4 Å². The fourth-order valence-electron chi connectivity index (χ4n) is 3.10. The van der Waals surface area contributed by atoms with Crippen LogP contribution in [0.1, 0.15) is 22.6 Å². The minimum atomic E-state index is 0.0753.